The van der Waals surface area contributed by atoms with Crippen molar-refractivity contribution in [2.45, 2.75) is 24.9 Å². The van der Waals surface area contributed by atoms with Crippen molar-refractivity contribution in [3.05, 3.63) is 71.0 Å². The highest BCUT2D eigenvalue weighted by Gasteiger charge is 2.11. The first-order valence-electron chi connectivity index (χ1n) is 7.59. The Balaban J connectivity index is 1.63. The van der Waals surface area contributed by atoms with Gasteiger partial charge in [-0.1, -0.05) is 53.7 Å². The first-order chi connectivity index (χ1) is 11.2. The normalized spacial score (nSPS) is 10.9. The fraction of sp³-hybridized carbons (Fsp3) is 0.222. The van der Waals surface area contributed by atoms with Crippen molar-refractivity contribution in [2.24, 2.45) is 0 Å². The molecule has 0 aliphatic heterocycles. The van der Waals surface area contributed by atoms with Crippen LogP contribution in [0.2, 0.25) is 5.02 Å². The lowest BCUT2D eigenvalue weighted by atomic mass is 10.1. The number of hydrogen-bond acceptors (Lipinski definition) is 3. The minimum atomic E-state index is 0.733. The van der Waals surface area contributed by atoms with E-state index in [9.17, 15) is 0 Å². The number of halogens is 1. The summed E-state index contributed by atoms with van der Waals surface area (Å²) in [4.78, 5) is 0. The van der Waals surface area contributed by atoms with Crippen LogP contribution in [0.25, 0.3) is 5.69 Å². The van der Waals surface area contributed by atoms with Crippen LogP contribution in [0.4, 0.5) is 0 Å². The highest BCUT2D eigenvalue weighted by molar-refractivity contribution is 7.99. The van der Waals surface area contributed by atoms with Crippen molar-refractivity contribution in [1.82, 2.24) is 14.8 Å². The third-order valence-electron chi connectivity index (χ3n) is 3.56. The molecule has 23 heavy (non-hydrogen) atoms. The van der Waals surface area contributed by atoms with Crippen LogP contribution >= 0.6 is 23.4 Å². The number of rotatable bonds is 6. The van der Waals surface area contributed by atoms with Crippen molar-refractivity contribution in [3.8, 4) is 5.69 Å². The van der Waals surface area contributed by atoms with Crippen LogP contribution in [0.3, 0.4) is 0 Å². The molecule has 3 nitrogen and oxygen atoms in total. The van der Waals surface area contributed by atoms with Gasteiger partial charge in [-0.3, -0.25) is 4.57 Å². The average Bonchev–Trinajstić information content (AvgIpc) is 2.94. The van der Waals surface area contributed by atoms with E-state index < -0.39 is 0 Å². The molecule has 0 aliphatic rings. The molecule has 3 aromatic rings. The lowest BCUT2D eigenvalue weighted by Crippen LogP contribution is -1.99. The highest BCUT2D eigenvalue weighted by Crippen LogP contribution is 2.23. The molecule has 0 N–H and O–H groups in total. The van der Waals surface area contributed by atoms with Crippen LogP contribution in [0.15, 0.2) is 59.8 Å². The van der Waals surface area contributed by atoms with E-state index in [0.717, 1.165) is 40.3 Å². The van der Waals surface area contributed by atoms with Gasteiger partial charge in [0.1, 0.15) is 5.82 Å². The van der Waals surface area contributed by atoms with Crippen LogP contribution in [0, 0.1) is 6.92 Å². The van der Waals surface area contributed by atoms with Crippen molar-refractivity contribution >= 4 is 23.4 Å². The third-order valence-corrected chi connectivity index (χ3v) is 4.83. The zero-order valence-corrected chi connectivity index (χ0v) is 14.5. The topological polar surface area (TPSA) is 30.7 Å². The second-order valence-corrected chi connectivity index (χ2v) is 6.78. The molecule has 0 aliphatic carbocycles. The van der Waals surface area contributed by atoms with Crippen molar-refractivity contribution < 1.29 is 0 Å². The molecule has 5 heteroatoms. The summed E-state index contributed by atoms with van der Waals surface area (Å²) >= 11 is 7.71. The smallest absolute Gasteiger partial charge is 0.195 e. The van der Waals surface area contributed by atoms with E-state index in [1.807, 2.05) is 31.2 Å². The van der Waals surface area contributed by atoms with E-state index in [0.29, 0.717) is 0 Å². The maximum Gasteiger partial charge on any atom is 0.195 e. The first-order valence-corrected chi connectivity index (χ1v) is 8.95. The standard InChI is InChI=1S/C18H18ClN3S/c1-14-20-21-18(22(14)17-11-9-16(19)10-12-17)23-13-5-8-15-6-3-2-4-7-15/h2-4,6-7,9-12H,5,8,13H2,1H3. The third kappa shape index (κ3) is 4.15. The van der Waals surface area contributed by atoms with E-state index in [-0.39, 0.29) is 0 Å². The van der Waals surface area contributed by atoms with Crippen LogP contribution in [0.1, 0.15) is 17.8 Å². The van der Waals surface area contributed by atoms with Gasteiger partial charge in [0, 0.05) is 16.5 Å². The van der Waals surface area contributed by atoms with Gasteiger partial charge in [-0.15, -0.1) is 10.2 Å². The summed E-state index contributed by atoms with van der Waals surface area (Å²) < 4.78 is 2.07. The molecule has 0 fully saturated rings. The van der Waals surface area contributed by atoms with Crippen molar-refractivity contribution in [1.29, 1.82) is 0 Å². The molecule has 0 radical (unpaired) electrons. The monoisotopic (exact) mass is 343 g/mol. The van der Waals surface area contributed by atoms with Gasteiger partial charge in [-0.2, -0.15) is 0 Å². The minimum absolute atomic E-state index is 0.733. The van der Waals surface area contributed by atoms with E-state index in [1.54, 1.807) is 11.8 Å². The molecule has 1 heterocycles. The van der Waals surface area contributed by atoms with Crippen LogP contribution in [-0.4, -0.2) is 20.5 Å². The van der Waals surface area contributed by atoms with Gasteiger partial charge >= 0.3 is 0 Å². The highest BCUT2D eigenvalue weighted by atomic mass is 35.5. The average molecular weight is 344 g/mol. The maximum atomic E-state index is 5.97. The molecule has 0 saturated heterocycles. The SMILES string of the molecule is Cc1nnc(SCCCc2ccccc2)n1-c1ccc(Cl)cc1. The van der Waals surface area contributed by atoms with Crippen molar-refractivity contribution in [3.63, 3.8) is 0 Å². The Morgan fingerprint density at radius 1 is 1.00 bits per heavy atom. The van der Waals surface area contributed by atoms with Gasteiger partial charge in [-0.25, -0.2) is 0 Å². The number of aryl methyl sites for hydroxylation is 2. The van der Waals surface area contributed by atoms with Gasteiger partial charge in [0.25, 0.3) is 0 Å². The largest absolute Gasteiger partial charge is 0.274 e. The first kappa shape index (κ1) is 16.1. The van der Waals surface area contributed by atoms with Crippen LogP contribution < -0.4 is 0 Å². The summed E-state index contributed by atoms with van der Waals surface area (Å²) in [5, 5.41) is 10.2. The van der Waals surface area contributed by atoms with Gasteiger partial charge in [0.15, 0.2) is 5.16 Å². The summed E-state index contributed by atoms with van der Waals surface area (Å²) in [6.45, 7) is 1.97. The molecule has 1 aromatic heterocycles. The van der Waals surface area contributed by atoms with Crippen LogP contribution in [-0.2, 0) is 6.42 Å². The molecular weight excluding hydrogens is 326 g/mol. The summed E-state index contributed by atoms with van der Waals surface area (Å²) in [6, 6.07) is 18.3. The van der Waals surface area contributed by atoms with E-state index in [1.165, 1.54) is 5.56 Å². The second-order valence-electron chi connectivity index (χ2n) is 5.28. The fourth-order valence-electron chi connectivity index (χ4n) is 2.41. The molecule has 0 saturated carbocycles. The lowest BCUT2D eigenvalue weighted by molar-refractivity contribution is 0.861. The molecule has 2 aromatic carbocycles. The predicted molar refractivity (Wildman–Crippen MR) is 96.6 cm³/mol. The molecular formula is C18H18ClN3S. The molecule has 118 valence electrons. The van der Waals surface area contributed by atoms with Gasteiger partial charge < -0.3 is 0 Å². The number of nitrogens with zero attached hydrogens (tertiary/aromatic N) is 3. The van der Waals surface area contributed by atoms with Crippen molar-refractivity contribution in [2.75, 3.05) is 5.75 Å². The number of thioether (sulfide) groups is 1. The molecule has 0 spiro atoms. The molecule has 0 amide bonds. The zero-order chi connectivity index (χ0) is 16.1. The maximum absolute atomic E-state index is 5.97. The lowest BCUT2D eigenvalue weighted by Gasteiger charge is -2.08. The Kier molecular flexibility index (Phi) is 5.36. The number of hydrogen-bond donors (Lipinski definition) is 0. The molecule has 0 unspecified atom stereocenters. The number of benzene rings is 2. The summed E-state index contributed by atoms with van der Waals surface area (Å²) in [5.41, 5.74) is 2.42. The Morgan fingerprint density at radius 3 is 2.48 bits per heavy atom. The van der Waals surface area contributed by atoms with E-state index in [4.69, 9.17) is 11.6 Å². The Morgan fingerprint density at radius 2 is 1.74 bits per heavy atom. The second kappa shape index (κ2) is 7.66. The predicted octanol–water partition coefficient (Wildman–Crippen LogP) is 4.95. The van der Waals surface area contributed by atoms with Gasteiger partial charge in [-0.05, 0) is 49.6 Å². The Bertz CT molecular complexity index is 754. The fourth-order valence-corrected chi connectivity index (χ4v) is 3.47. The van der Waals surface area contributed by atoms with Gasteiger partial charge in [0.05, 0.1) is 0 Å². The summed E-state index contributed by atoms with van der Waals surface area (Å²) in [7, 11) is 0. The number of aromatic nitrogens is 3. The summed E-state index contributed by atoms with van der Waals surface area (Å²) in [6.07, 6.45) is 2.20. The summed E-state index contributed by atoms with van der Waals surface area (Å²) in [5.74, 6) is 1.90. The molecule has 0 atom stereocenters. The Hall–Kier alpha value is -1.78. The minimum Gasteiger partial charge on any atom is -0.274 e. The zero-order valence-electron chi connectivity index (χ0n) is 12.9. The van der Waals surface area contributed by atoms with Crippen LogP contribution in [0.5, 0.6) is 0 Å². The quantitative estimate of drug-likeness (QED) is 0.468. The van der Waals surface area contributed by atoms with Gasteiger partial charge in [0.2, 0.25) is 0 Å². The van der Waals surface area contributed by atoms with E-state index in [2.05, 4.69) is 45.1 Å². The molecule has 3 rings (SSSR count). The Labute approximate surface area is 145 Å². The van der Waals surface area contributed by atoms with E-state index >= 15 is 0 Å². The molecule has 0 bridgehead atoms.